The molecule has 1 N–H and O–H groups in total. The highest BCUT2D eigenvalue weighted by Gasteiger charge is 2.31. The van der Waals surface area contributed by atoms with Crippen molar-refractivity contribution in [3.63, 3.8) is 0 Å². The summed E-state index contributed by atoms with van der Waals surface area (Å²) in [5.74, 6) is -0.440. The molecule has 27 heavy (non-hydrogen) atoms. The molecule has 2 unspecified atom stereocenters. The second-order valence-electron chi connectivity index (χ2n) is 6.47. The molecule has 2 atom stereocenters. The summed E-state index contributed by atoms with van der Waals surface area (Å²) in [5, 5.41) is 3.36. The van der Waals surface area contributed by atoms with Gasteiger partial charge in [-0.25, -0.2) is 8.42 Å². The van der Waals surface area contributed by atoms with E-state index >= 15 is 0 Å². The number of nitrogens with zero attached hydrogens (tertiary/aromatic N) is 1. The van der Waals surface area contributed by atoms with E-state index in [0.29, 0.717) is 5.02 Å². The predicted octanol–water partition coefficient (Wildman–Crippen LogP) is 4.33. The van der Waals surface area contributed by atoms with Gasteiger partial charge in [-0.15, -0.1) is 0 Å². The van der Waals surface area contributed by atoms with Crippen molar-refractivity contribution in [1.29, 1.82) is 0 Å². The van der Waals surface area contributed by atoms with E-state index in [1.807, 2.05) is 38.1 Å². The lowest BCUT2D eigenvalue weighted by Gasteiger charge is -2.30. The summed E-state index contributed by atoms with van der Waals surface area (Å²) >= 11 is 12.2. The van der Waals surface area contributed by atoms with Crippen LogP contribution in [0.1, 0.15) is 31.0 Å². The van der Waals surface area contributed by atoms with Crippen LogP contribution in [0.15, 0.2) is 42.5 Å². The number of nitrogens with one attached hydrogen (secondary N) is 1. The monoisotopic (exact) mass is 428 g/mol. The van der Waals surface area contributed by atoms with Gasteiger partial charge in [0.2, 0.25) is 15.9 Å². The number of sulfonamides is 1. The molecule has 0 heterocycles. The van der Waals surface area contributed by atoms with E-state index in [1.54, 1.807) is 6.07 Å². The van der Waals surface area contributed by atoms with Crippen LogP contribution in [0.5, 0.6) is 0 Å². The van der Waals surface area contributed by atoms with E-state index in [4.69, 9.17) is 23.2 Å². The van der Waals surface area contributed by atoms with Crippen molar-refractivity contribution in [1.82, 2.24) is 5.32 Å². The molecule has 8 heteroatoms. The fourth-order valence-electron chi connectivity index (χ4n) is 2.71. The van der Waals surface area contributed by atoms with Crippen molar-refractivity contribution in [2.45, 2.75) is 32.9 Å². The fourth-order valence-corrected chi connectivity index (χ4v) is 4.31. The quantitative estimate of drug-likeness (QED) is 0.743. The first-order valence-electron chi connectivity index (χ1n) is 8.32. The lowest BCUT2D eigenvalue weighted by molar-refractivity contribution is -0.122. The Bertz CT molecular complexity index is 930. The summed E-state index contributed by atoms with van der Waals surface area (Å²) in [7, 11) is -3.78. The highest BCUT2D eigenvalue weighted by molar-refractivity contribution is 7.92. The minimum atomic E-state index is -3.78. The van der Waals surface area contributed by atoms with Gasteiger partial charge in [0.05, 0.1) is 23.0 Å². The number of carbonyl (C=O) groups excluding carboxylic acids is 1. The van der Waals surface area contributed by atoms with Gasteiger partial charge >= 0.3 is 0 Å². The molecule has 0 aromatic heterocycles. The Hall–Kier alpha value is -1.76. The Kier molecular flexibility index (Phi) is 6.78. The van der Waals surface area contributed by atoms with E-state index < -0.39 is 22.0 Å². The summed E-state index contributed by atoms with van der Waals surface area (Å²) in [4.78, 5) is 12.8. The molecule has 2 rings (SSSR count). The maximum absolute atomic E-state index is 12.8. The largest absolute Gasteiger partial charge is 0.348 e. The minimum Gasteiger partial charge on any atom is -0.348 e. The topological polar surface area (TPSA) is 66.5 Å². The molecule has 2 aromatic carbocycles. The number of hydrogen-bond donors (Lipinski definition) is 1. The molecule has 146 valence electrons. The molecule has 2 aromatic rings. The average molecular weight is 429 g/mol. The van der Waals surface area contributed by atoms with Crippen LogP contribution in [0.3, 0.4) is 0 Å². The second-order valence-corrected chi connectivity index (χ2v) is 9.17. The minimum absolute atomic E-state index is 0.164. The number of hydrogen-bond acceptors (Lipinski definition) is 3. The Morgan fingerprint density at radius 3 is 2.22 bits per heavy atom. The Morgan fingerprint density at radius 1 is 1.07 bits per heavy atom. The average Bonchev–Trinajstić information content (AvgIpc) is 2.57. The summed E-state index contributed by atoms with van der Waals surface area (Å²) in [6.45, 7) is 5.33. The molecule has 0 aliphatic carbocycles. The number of halogens is 2. The van der Waals surface area contributed by atoms with Crippen molar-refractivity contribution in [2.24, 2.45) is 0 Å². The summed E-state index contributed by atoms with van der Waals surface area (Å²) < 4.78 is 25.7. The zero-order valence-electron chi connectivity index (χ0n) is 15.5. The van der Waals surface area contributed by atoms with Crippen molar-refractivity contribution in [2.75, 3.05) is 10.6 Å². The van der Waals surface area contributed by atoms with Crippen LogP contribution >= 0.6 is 23.2 Å². The van der Waals surface area contributed by atoms with Crippen LogP contribution in [0, 0.1) is 6.92 Å². The number of benzene rings is 2. The van der Waals surface area contributed by atoms with Gasteiger partial charge in [0.1, 0.15) is 6.04 Å². The lowest BCUT2D eigenvalue weighted by atomic mass is 10.1. The fraction of sp³-hybridized carbons (Fsp3) is 0.316. The van der Waals surface area contributed by atoms with Gasteiger partial charge in [0, 0.05) is 5.02 Å². The van der Waals surface area contributed by atoms with Gasteiger partial charge < -0.3 is 5.32 Å². The molecule has 0 aliphatic heterocycles. The number of rotatable bonds is 6. The van der Waals surface area contributed by atoms with Crippen LogP contribution in [0.25, 0.3) is 0 Å². The first kappa shape index (κ1) is 21.5. The van der Waals surface area contributed by atoms with Gasteiger partial charge in [0.25, 0.3) is 0 Å². The van der Waals surface area contributed by atoms with Crippen molar-refractivity contribution in [3.8, 4) is 0 Å². The number of anilines is 1. The third kappa shape index (κ3) is 5.37. The smallest absolute Gasteiger partial charge is 0.244 e. The van der Waals surface area contributed by atoms with E-state index in [1.165, 1.54) is 19.1 Å². The standard InChI is InChI=1S/C19H22Cl2N2O3S/c1-12-5-7-15(8-6-12)13(2)22-19(24)14(3)23(27(4,25)26)18-11-16(20)9-10-17(18)21/h5-11,13-14H,1-4H3,(H,22,24). The van der Waals surface area contributed by atoms with Gasteiger partial charge in [-0.05, 0) is 44.5 Å². The maximum Gasteiger partial charge on any atom is 0.244 e. The molecular formula is C19H22Cl2N2O3S. The Labute approximate surface area is 170 Å². The van der Waals surface area contributed by atoms with E-state index in [-0.39, 0.29) is 16.8 Å². The van der Waals surface area contributed by atoms with Crippen LogP contribution in [0.2, 0.25) is 10.0 Å². The summed E-state index contributed by atoms with van der Waals surface area (Å²) in [6.07, 6.45) is 1.03. The highest BCUT2D eigenvalue weighted by Crippen LogP contribution is 2.32. The van der Waals surface area contributed by atoms with Crippen molar-refractivity contribution >= 4 is 44.8 Å². The van der Waals surface area contributed by atoms with Gasteiger partial charge in [0.15, 0.2) is 0 Å². The van der Waals surface area contributed by atoms with Crippen molar-refractivity contribution in [3.05, 3.63) is 63.6 Å². The Balaban J connectivity index is 2.30. The number of amides is 1. The molecule has 0 spiro atoms. The SMILES string of the molecule is Cc1ccc(C(C)NC(=O)C(C)N(c2cc(Cl)ccc2Cl)S(C)(=O)=O)cc1. The second kappa shape index (κ2) is 8.50. The molecule has 0 fully saturated rings. The van der Waals surface area contributed by atoms with Gasteiger partial charge in [-0.2, -0.15) is 0 Å². The third-order valence-corrected chi connectivity index (χ3v) is 5.95. The molecule has 0 bridgehead atoms. The first-order chi connectivity index (χ1) is 12.5. The van der Waals surface area contributed by atoms with Crippen LogP contribution < -0.4 is 9.62 Å². The molecule has 0 radical (unpaired) electrons. The third-order valence-electron chi connectivity index (χ3n) is 4.17. The highest BCUT2D eigenvalue weighted by atomic mass is 35.5. The molecule has 1 amide bonds. The van der Waals surface area contributed by atoms with Crippen LogP contribution in [-0.4, -0.2) is 26.6 Å². The molecule has 0 saturated carbocycles. The van der Waals surface area contributed by atoms with Crippen molar-refractivity contribution < 1.29 is 13.2 Å². The van der Waals surface area contributed by atoms with Crippen LogP contribution in [-0.2, 0) is 14.8 Å². The number of carbonyl (C=O) groups is 1. The van der Waals surface area contributed by atoms with Gasteiger partial charge in [-0.1, -0.05) is 53.0 Å². The van der Waals surface area contributed by atoms with E-state index in [9.17, 15) is 13.2 Å². The number of aryl methyl sites for hydroxylation is 1. The summed E-state index contributed by atoms with van der Waals surface area (Å²) in [5.41, 5.74) is 2.20. The zero-order valence-corrected chi connectivity index (χ0v) is 17.9. The normalized spacial score (nSPS) is 13.7. The summed E-state index contributed by atoms with van der Waals surface area (Å²) in [6, 6.07) is 10.9. The van der Waals surface area contributed by atoms with E-state index in [2.05, 4.69) is 5.32 Å². The van der Waals surface area contributed by atoms with E-state index in [0.717, 1.165) is 21.7 Å². The lowest BCUT2D eigenvalue weighted by Crippen LogP contribution is -2.48. The molecule has 5 nitrogen and oxygen atoms in total. The van der Waals surface area contributed by atoms with Gasteiger partial charge in [-0.3, -0.25) is 9.10 Å². The zero-order chi connectivity index (χ0) is 20.4. The first-order valence-corrected chi connectivity index (χ1v) is 10.9. The molecule has 0 aliphatic rings. The van der Waals surface area contributed by atoms with Crippen LogP contribution in [0.4, 0.5) is 5.69 Å². The molecule has 0 saturated heterocycles. The predicted molar refractivity (Wildman–Crippen MR) is 111 cm³/mol. The molecular weight excluding hydrogens is 407 g/mol. The Morgan fingerprint density at radius 2 is 1.67 bits per heavy atom. The maximum atomic E-state index is 12.8.